The number of nitrogens with one attached hydrogen (secondary N) is 2. The van der Waals surface area contributed by atoms with E-state index in [-0.39, 0.29) is 5.91 Å². The molecule has 2 aromatic rings. The highest BCUT2D eigenvalue weighted by molar-refractivity contribution is 7.17. The van der Waals surface area contributed by atoms with Crippen LogP contribution in [0.4, 0.5) is 5.69 Å². The number of benzene rings is 1. The molecule has 0 aliphatic carbocycles. The summed E-state index contributed by atoms with van der Waals surface area (Å²) in [5, 5.41) is 9.65. The van der Waals surface area contributed by atoms with E-state index in [4.69, 9.17) is 0 Å². The van der Waals surface area contributed by atoms with E-state index in [2.05, 4.69) is 28.1 Å². The highest BCUT2D eigenvalue weighted by atomic mass is 32.1. The van der Waals surface area contributed by atoms with Crippen LogP contribution in [0.5, 0.6) is 0 Å². The molecule has 2 heterocycles. The lowest BCUT2D eigenvalue weighted by Gasteiger charge is -2.22. The Balaban J connectivity index is 1.52. The molecule has 3 nitrogen and oxygen atoms in total. The second-order valence-electron chi connectivity index (χ2n) is 5.45. The predicted molar refractivity (Wildman–Crippen MR) is 85.3 cm³/mol. The van der Waals surface area contributed by atoms with E-state index in [1.807, 2.05) is 12.1 Å². The molecule has 0 atom stereocenters. The molecule has 1 amide bonds. The van der Waals surface area contributed by atoms with Crippen molar-refractivity contribution in [3.63, 3.8) is 0 Å². The number of amides is 1. The van der Waals surface area contributed by atoms with Crippen LogP contribution in [0, 0.1) is 5.92 Å². The van der Waals surface area contributed by atoms with Crippen LogP contribution in [0.1, 0.15) is 25.7 Å². The lowest BCUT2D eigenvalue weighted by molar-refractivity contribution is -0.116. The number of hydrogen-bond donors (Lipinski definition) is 2. The fourth-order valence-electron chi connectivity index (χ4n) is 2.77. The van der Waals surface area contributed by atoms with E-state index in [9.17, 15) is 4.79 Å². The molecule has 2 N–H and O–H groups in total. The summed E-state index contributed by atoms with van der Waals surface area (Å²) in [6.07, 6.45) is 4.04. The van der Waals surface area contributed by atoms with Gasteiger partial charge in [-0.1, -0.05) is 0 Å². The van der Waals surface area contributed by atoms with Gasteiger partial charge in [-0.15, -0.1) is 11.3 Å². The third kappa shape index (κ3) is 3.38. The second kappa shape index (κ2) is 6.37. The molecule has 1 fully saturated rings. The van der Waals surface area contributed by atoms with Crippen LogP contribution in [-0.2, 0) is 4.79 Å². The van der Waals surface area contributed by atoms with Gasteiger partial charge < -0.3 is 10.6 Å². The highest BCUT2D eigenvalue weighted by Crippen LogP contribution is 2.24. The lowest BCUT2D eigenvalue weighted by Crippen LogP contribution is -2.28. The summed E-state index contributed by atoms with van der Waals surface area (Å²) in [5.74, 6) is 0.847. The number of thiophene rings is 1. The minimum Gasteiger partial charge on any atom is -0.326 e. The maximum absolute atomic E-state index is 12.0. The van der Waals surface area contributed by atoms with E-state index in [0.29, 0.717) is 12.3 Å². The molecule has 106 valence electrons. The van der Waals surface area contributed by atoms with Crippen molar-refractivity contribution in [2.24, 2.45) is 5.92 Å². The third-order valence-corrected chi connectivity index (χ3v) is 4.87. The second-order valence-corrected chi connectivity index (χ2v) is 6.40. The molecule has 1 aromatic carbocycles. The zero-order valence-electron chi connectivity index (χ0n) is 11.5. The Kier molecular flexibility index (Phi) is 4.33. The van der Waals surface area contributed by atoms with E-state index in [0.717, 1.165) is 25.2 Å². The molecular formula is C16H20N2OS. The van der Waals surface area contributed by atoms with Gasteiger partial charge in [-0.25, -0.2) is 0 Å². The topological polar surface area (TPSA) is 41.1 Å². The van der Waals surface area contributed by atoms with Crippen LogP contribution in [-0.4, -0.2) is 19.0 Å². The normalized spacial score (nSPS) is 16.4. The summed E-state index contributed by atoms with van der Waals surface area (Å²) < 4.78 is 1.26. The van der Waals surface area contributed by atoms with Gasteiger partial charge >= 0.3 is 0 Å². The zero-order chi connectivity index (χ0) is 13.8. The summed E-state index contributed by atoms with van der Waals surface area (Å²) in [4.78, 5) is 12.0. The molecule has 0 unspecified atom stereocenters. The Bertz CT molecular complexity index is 587. The summed E-state index contributed by atoms with van der Waals surface area (Å²) >= 11 is 1.73. The number of anilines is 1. The van der Waals surface area contributed by atoms with Crippen molar-refractivity contribution in [2.45, 2.75) is 25.7 Å². The summed E-state index contributed by atoms with van der Waals surface area (Å²) in [7, 11) is 0. The third-order valence-electron chi connectivity index (χ3n) is 3.97. The van der Waals surface area contributed by atoms with Gasteiger partial charge in [0.05, 0.1) is 0 Å². The average Bonchev–Trinajstić information content (AvgIpc) is 2.94. The molecule has 0 saturated carbocycles. The Hall–Kier alpha value is -1.39. The molecule has 1 aromatic heterocycles. The number of piperidine rings is 1. The molecule has 1 aliphatic heterocycles. The van der Waals surface area contributed by atoms with Crippen molar-refractivity contribution in [3.8, 4) is 0 Å². The van der Waals surface area contributed by atoms with Gasteiger partial charge in [-0.05, 0) is 73.3 Å². The highest BCUT2D eigenvalue weighted by Gasteiger charge is 2.14. The molecule has 0 radical (unpaired) electrons. The van der Waals surface area contributed by atoms with Crippen LogP contribution in [0.15, 0.2) is 29.6 Å². The van der Waals surface area contributed by atoms with Gasteiger partial charge in [0, 0.05) is 16.8 Å². The Morgan fingerprint density at radius 1 is 1.30 bits per heavy atom. The minimum atomic E-state index is 0.137. The standard InChI is InChI=1S/C16H20N2OS/c19-16(4-1-12-5-8-17-9-6-12)18-14-2-3-15-13(11-14)7-10-20-15/h2-3,7,10-12,17H,1,4-6,8-9H2,(H,18,19). The largest absolute Gasteiger partial charge is 0.326 e. The van der Waals surface area contributed by atoms with E-state index in [1.54, 1.807) is 11.3 Å². The van der Waals surface area contributed by atoms with Crippen LogP contribution < -0.4 is 10.6 Å². The number of carbonyl (C=O) groups excluding carboxylic acids is 1. The Morgan fingerprint density at radius 3 is 3.00 bits per heavy atom. The van der Waals surface area contributed by atoms with E-state index >= 15 is 0 Å². The Morgan fingerprint density at radius 2 is 2.15 bits per heavy atom. The van der Waals surface area contributed by atoms with Gasteiger partial charge in [0.25, 0.3) is 0 Å². The summed E-state index contributed by atoms with van der Waals surface area (Å²) in [6.45, 7) is 2.20. The first-order chi connectivity index (χ1) is 9.81. The van der Waals surface area contributed by atoms with Gasteiger partial charge in [0.15, 0.2) is 0 Å². The molecule has 4 heteroatoms. The van der Waals surface area contributed by atoms with Gasteiger partial charge in [0.1, 0.15) is 0 Å². The SMILES string of the molecule is O=C(CCC1CCNCC1)Nc1ccc2sccc2c1. The van der Waals surface area contributed by atoms with E-state index < -0.39 is 0 Å². The van der Waals surface area contributed by atoms with Crippen LogP contribution in [0.25, 0.3) is 10.1 Å². The predicted octanol–water partition coefficient (Wildman–Crippen LogP) is 3.62. The van der Waals surface area contributed by atoms with Crippen molar-refractivity contribution in [3.05, 3.63) is 29.6 Å². The molecule has 1 aliphatic rings. The van der Waals surface area contributed by atoms with Crippen molar-refractivity contribution < 1.29 is 4.79 Å². The van der Waals surface area contributed by atoms with Crippen molar-refractivity contribution >= 4 is 33.0 Å². The maximum Gasteiger partial charge on any atom is 0.224 e. The van der Waals surface area contributed by atoms with Gasteiger partial charge in [-0.2, -0.15) is 0 Å². The number of carbonyl (C=O) groups is 1. The molecular weight excluding hydrogens is 268 g/mol. The summed E-state index contributed by atoms with van der Waals surface area (Å²) in [5.41, 5.74) is 0.909. The van der Waals surface area contributed by atoms with Crippen molar-refractivity contribution in [1.29, 1.82) is 0 Å². The molecule has 0 bridgehead atoms. The molecule has 20 heavy (non-hydrogen) atoms. The zero-order valence-corrected chi connectivity index (χ0v) is 12.3. The molecule has 3 rings (SSSR count). The monoisotopic (exact) mass is 288 g/mol. The first-order valence-corrected chi connectivity index (χ1v) is 8.17. The molecule has 1 saturated heterocycles. The summed E-state index contributed by atoms with van der Waals surface area (Å²) in [6, 6.07) is 8.20. The lowest BCUT2D eigenvalue weighted by atomic mass is 9.93. The number of rotatable bonds is 4. The van der Waals surface area contributed by atoms with Crippen molar-refractivity contribution in [1.82, 2.24) is 5.32 Å². The Labute approximate surface area is 123 Å². The smallest absolute Gasteiger partial charge is 0.224 e. The van der Waals surface area contributed by atoms with Gasteiger partial charge in [0.2, 0.25) is 5.91 Å². The van der Waals surface area contributed by atoms with E-state index in [1.165, 1.54) is 22.9 Å². The fourth-order valence-corrected chi connectivity index (χ4v) is 3.54. The van der Waals surface area contributed by atoms with Crippen LogP contribution >= 0.6 is 11.3 Å². The fraction of sp³-hybridized carbons (Fsp3) is 0.438. The quantitative estimate of drug-likeness (QED) is 0.902. The first-order valence-electron chi connectivity index (χ1n) is 7.29. The average molecular weight is 288 g/mol. The minimum absolute atomic E-state index is 0.137. The van der Waals surface area contributed by atoms with Crippen molar-refractivity contribution in [2.75, 3.05) is 18.4 Å². The van der Waals surface area contributed by atoms with Gasteiger partial charge in [-0.3, -0.25) is 4.79 Å². The first kappa shape index (κ1) is 13.6. The number of fused-ring (bicyclic) bond motifs is 1. The van der Waals surface area contributed by atoms with Crippen LogP contribution in [0.3, 0.4) is 0 Å². The molecule has 0 spiro atoms. The number of hydrogen-bond acceptors (Lipinski definition) is 3. The maximum atomic E-state index is 12.0. The van der Waals surface area contributed by atoms with Crippen LogP contribution in [0.2, 0.25) is 0 Å².